The monoisotopic (exact) mass is 245 g/mol. The molecule has 0 radical (unpaired) electrons. The number of hydrogen-bond acceptors (Lipinski definition) is 3. The molecule has 0 spiro atoms. The van der Waals surface area contributed by atoms with Gasteiger partial charge >= 0.3 is 5.97 Å². The quantitative estimate of drug-likeness (QED) is 0.756. The van der Waals surface area contributed by atoms with E-state index in [2.05, 4.69) is 18.8 Å². The number of aromatic amines is 1. The van der Waals surface area contributed by atoms with Crippen molar-refractivity contribution in [3.63, 3.8) is 0 Å². The molecule has 15 heavy (non-hydrogen) atoms. The van der Waals surface area contributed by atoms with Crippen molar-refractivity contribution >= 4 is 29.5 Å². The number of H-pyrrole nitrogens is 1. The van der Waals surface area contributed by atoms with E-state index >= 15 is 0 Å². The van der Waals surface area contributed by atoms with Crippen LogP contribution in [0.4, 0.5) is 0 Å². The lowest BCUT2D eigenvalue weighted by molar-refractivity contribution is 0.0696. The van der Waals surface area contributed by atoms with Crippen LogP contribution in [0.3, 0.4) is 0 Å². The zero-order chi connectivity index (χ0) is 11.3. The second-order valence-corrected chi connectivity index (χ2v) is 5.92. The Hall–Kier alpha value is -0.550. The topological polar surface area (TPSA) is 53.1 Å². The normalized spacial score (nSPS) is 10.9. The lowest BCUT2D eigenvalue weighted by Crippen LogP contribution is -2.02. The molecule has 0 atom stereocenters. The van der Waals surface area contributed by atoms with Crippen LogP contribution in [0.5, 0.6) is 0 Å². The van der Waals surface area contributed by atoms with Crippen molar-refractivity contribution in [3.05, 3.63) is 23.5 Å². The van der Waals surface area contributed by atoms with Crippen molar-refractivity contribution in [2.45, 2.75) is 18.4 Å². The van der Waals surface area contributed by atoms with Gasteiger partial charge in [0.1, 0.15) is 0 Å². The van der Waals surface area contributed by atoms with Gasteiger partial charge in [-0.25, -0.2) is 4.79 Å². The van der Waals surface area contributed by atoms with E-state index in [1.54, 1.807) is 35.8 Å². The molecule has 1 aromatic rings. The summed E-state index contributed by atoms with van der Waals surface area (Å²) in [7, 11) is 0. The minimum Gasteiger partial charge on any atom is -0.478 e. The van der Waals surface area contributed by atoms with E-state index in [-0.39, 0.29) is 4.58 Å². The molecule has 0 amide bonds. The first-order chi connectivity index (χ1) is 7.20. The first kappa shape index (κ1) is 12.5. The highest BCUT2D eigenvalue weighted by molar-refractivity contribution is 8.16. The summed E-state index contributed by atoms with van der Waals surface area (Å²) >= 11 is 3.52. The van der Waals surface area contributed by atoms with E-state index in [4.69, 9.17) is 5.11 Å². The van der Waals surface area contributed by atoms with Gasteiger partial charge in [0, 0.05) is 6.20 Å². The maximum absolute atomic E-state index is 11.0. The molecule has 2 N–H and O–H groups in total. The predicted octanol–water partition coefficient (Wildman–Crippen LogP) is 3.22. The van der Waals surface area contributed by atoms with Gasteiger partial charge in [-0.15, -0.1) is 23.5 Å². The van der Waals surface area contributed by atoms with E-state index in [0.29, 0.717) is 5.56 Å². The van der Waals surface area contributed by atoms with Gasteiger partial charge in [0.2, 0.25) is 0 Å². The molecule has 0 aliphatic rings. The van der Waals surface area contributed by atoms with Crippen LogP contribution < -0.4 is 0 Å². The van der Waals surface area contributed by atoms with Gasteiger partial charge in [0.25, 0.3) is 0 Å². The van der Waals surface area contributed by atoms with Gasteiger partial charge in [-0.3, -0.25) is 0 Å². The lowest BCUT2D eigenvalue weighted by Gasteiger charge is -2.14. The fourth-order valence-electron chi connectivity index (χ4n) is 1.28. The highest BCUT2D eigenvalue weighted by Crippen LogP contribution is 2.39. The minimum atomic E-state index is -0.857. The molecule has 3 nitrogen and oxygen atoms in total. The molecular formula is C10H15NO2S2. The number of hydrogen-bond donors (Lipinski definition) is 2. The third-order valence-corrected chi connectivity index (χ3v) is 4.44. The molecular weight excluding hydrogens is 230 g/mol. The number of carbonyl (C=O) groups is 1. The number of thioether (sulfide) groups is 2. The Balaban J connectivity index is 2.89. The van der Waals surface area contributed by atoms with Crippen LogP contribution in [-0.2, 0) is 0 Å². The predicted molar refractivity (Wildman–Crippen MR) is 66.8 cm³/mol. The number of nitrogens with one attached hydrogen (secondary N) is 1. The van der Waals surface area contributed by atoms with E-state index < -0.39 is 5.97 Å². The molecule has 5 heteroatoms. The molecule has 0 saturated heterocycles. The highest BCUT2D eigenvalue weighted by Gasteiger charge is 2.19. The second kappa shape index (κ2) is 6.12. The van der Waals surface area contributed by atoms with Crippen LogP contribution >= 0.6 is 23.5 Å². The molecule has 0 bridgehead atoms. The summed E-state index contributed by atoms with van der Waals surface area (Å²) in [6.45, 7) is 4.16. The molecule has 0 saturated carbocycles. The zero-order valence-electron chi connectivity index (χ0n) is 8.82. The first-order valence-electron chi connectivity index (χ1n) is 4.84. The van der Waals surface area contributed by atoms with Crippen LogP contribution in [0.1, 0.15) is 34.5 Å². The molecule has 0 aliphatic carbocycles. The van der Waals surface area contributed by atoms with Crippen molar-refractivity contribution < 1.29 is 9.90 Å². The Morgan fingerprint density at radius 3 is 2.53 bits per heavy atom. The maximum Gasteiger partial charge on any atom is 0.337 e. The van der Waals surface area contributed by atoms with Crippen molar-refractivity contribution in [1.29, 1.82) is 0 Å². The first-order valence-corrected chi connectivity index (χ1v) is 6.94. The Kier molecular flexibility index (Phi) is 5.11. The molecule has 0 aromatic carbocycles. The van der Waals surface area contributed by atoms with Crippen molar-refractivity contribution in [1.82, 2.24) is 4.98 Å². The number of aromatic carboxylic acids is 1. The Morgan fingerprint density at radius 1 is 1.47 bits per heavy atom. The number of carboxylic acids is 1. The number of rotatable bonds is 6. The SMILES string of the molecule is CCSC(SCC)c1[nH]ccc1C(=O)O. The number of aromatic nitrogens is 1. The van der Waals surface area contributed by atoms with Crippen molar-refractivity contribution in [2.24, 2.45) is 0 Å². The molecule has 84 valence electrons. The van der Waals surface area contributed by atoms with Gasteiger partial charge in [-0.05, 0) is 17.6 Å². The molecule has 0 aliphatic heterocycles. The molecule has 0 unspecified atom stereocenters. The fraction of sp³-hybridized carbons (Fsp3) is 0.500. The third kappa shape index (κ3) is 3.21. The van der Waals surface area contributed by atoms with E-state index in [1.165, 1.54) is 0 Å². The maximum atomic E-state index is 11.0. The highest BCUT2D eigenvalue weighted by atomic mass is 32.2. The van der Waals surface area contributed by atoms with Crippen LogP contribution in [0.15, 0.2) is 12.3 Å². The van der Waals surface area contributed by atoms with Crippen LogP contribution in [0.25, 0.3) is 0 Å². The summed E-state index contributed by atoms with van der Waals surface area (Å²) < 4.78 is 0.195. The van der Waals surface area contributed by atoms with E-state index in [9.17, 15) is 4.79 Å². The summed E-state index contributed by atoms with van der Waals surface area (Å²) in [4.78, 5) is 14.0. The molecule has 1 aromatic heterocycles. The molecule has 1 rings (SSSR count). The average molecular weight is 245 g/mol. The minimum absolute atomic E-state index is 0.195. The van der Waals surface area contributed by atoms with Crippen molar-refractivity contribution in [2.75, 3.05) is 11.5 Å². The standard InChI is InChI=1S/C10H15NO2S2/c1-3-14-10(15-4-2)8-7(9(12)13)5-6-11-8/h5-6,10-11H,3-4H2,1-2H3,(H,12,13). The third-order valence-electron chi connectivity index (χ3n) is 1.88. The summed E-state index contributed by atoms with van der Waals surface area (Å²) in [5, 5.41) is 9.00. The summed E-state index contributed by atoms with van der Waals surface area (Å²) in [5.41, 5.74) is 1.21. The second-order valence-electron chi connectivity index (χ2n) is 2.85. The van der Waals surface area contributed by atoms with Gasteiger partial charge < -0.3 is 10.1 Å². The lowest BCUT2D eigenvalue weighted by atomic mass is 10.2. The number of carboxylic acid groups (broad SMARTS) is 1. The smallest absolute Gasteiger partial charge is 0.337 e. The molecule has 0 fully saturated rings. The van der Waals surface area contributed by atoms with Crippen LogP contribution in [0.2, 0.25) is 0 Å². The van der Waals surface area contributed by atoms with E-state index in [1.807, 2.05) is 0 Å². The summed E-state index contributed by atoms with van der Waals surface area (Å²) in [6, 6.07) is 1.62. The Bertz CT molecular complexity index is 319. The summed E-state index contributed by atoms with van der Waals surface area (Å²) in [5.74, 6) is 1.11. The Labute approximate surface area is 98.0 Å². The van der Waals surface area contributed by atoms with Crippen LogP contribution in [0, 0.1) is 0 Å². The van der Waals surface area contributed by atoms with Crippen LogP contribution in [-0.4, -0.2) is 27.6 Å². The van der Waals surface area contributed by atoms with Crippen molar-refractivity contribution in [3.8, 4) is 0 Å². The Morgan fingerprint density at radius 2 is 2.07 bits per heavy atom. The average Bonchev–Trinajstić information content (AvgIpc) is 2.65. The van der Waals surface area contributed by atoms with Gasteiger partial charge in [-0.1, -0.05) is 13.8 Å². The van der Waals surface area contributed by atoms with Gasteiger partial charge in [0.15, 0.2) is 0 Å². The van der Waals surface area contributed by atoms with Gasteiger partial charge in [-0.2, -0.15) is 0 Å². The fourth-order valence-corrected chi connectivity index (χ4v) is 3.81. The zero-order valence-corrected chi connectivity index (χ0v) is 10.5. The summed E-state index contributed by atoms with van der Waals surface area (Å²) in [6.07, 6.45) is 1.69. The van der Waals surface area contributed by atoms with Gasteiger partial charge in [0.05, 0.1) is 15.8 Å². The van der Waals surface area contributed by atoms with E-state index in [0.717, 1.165) is 17.2 Å². The largest absolute Gasteiger partial charge is 0.478 e. The molecule has 1 heterocycles.